The van der Waals surface area contributed by atoms with E-state index in [9.17, 15) is 17.6 Å². The van der Waals surface area contributed by atoms with E-state index >= 15 is 0 Å². The van der Waals surface area contributed by atoms with Crippen LogP contribution >= 0.6 is 0 Å². The Morgan fingerprint density at radius 1 is 0.632 bits per heavy atom. The van der Waals surface area contributed by atoms with Crippen molar-refractivity contribution in [3.8, 4) is 0 Å². The third-order valence-electron chi connectivity index (χ3n) is 3.04. The van der Waals surface area contributed by atoms with E-state index in [0.717, 1.165) is 12.1 Å². The maximum atomic E-state index is 13.6. The van der Waals surface area contributed by atoms with Gasteiger partial charge in [0, 0.05) is 12.1 Å². The molecule has 0 unspecified atom stereocenters. The molecule has 0 spiro atoms. The SMILES string of the molecule is Cc1cc(Bc2cc(C)c(F)cc2F)c(F)cc1F. The lowest BCUT2D eigenvalue weighted by molar-refractivity contribution is 0.581. The third-order valence-corrected chi connectivity index (χ3v) is 3.04. The molecular weight excluding hydrogens is 255 g/mol. The van der Waals surface area contributed by atoms with E-state index in [4.69, 9.17) is 0 Å². The van der Waals surface area contributed by atoms with Crippen molar-refractivity contribution < 1.29 is 17.6 Å². The Kier molecular flexibility index (Phi) is 3.65. The smallest absolute Gasteiger partial charge is 0.199 e. The number of hydrogen-bond acceptors (Lipinski definition) is 0. The number of rotatable bonds is 2. The highest BCUT2D eigenvalue weighted by Gasteiger charge is 2.13. The van der Waals surface area contributed by atoms with Crippen molar-refractivity contribution in [2.24, 2.45) is 0 Å². The fourth-order valence-corrected chi connectivity index (χ4v) is 1.91. The van der Waals surface area contributed by atoms with Gasteiger partial charge in [-0.15, -0.1) is 0 Å². The second kappa shape index (κ2) is 5.07. The molecule has 5 heteroatoms. The normalized spacial score (nSPS) is 10.6. The van der Waals surface area contributed by atoms with Gasteiger partial charge in [-0.2, -0.15) is 0 Å². The lowest BCUT2D eigenvalue weighted by Gasteiger charge is -2.07. The predicted octanol–water partition coefficient (Wildman–Crippen LogP) is 2.25. The highest BCUT2D eigenvalue weighted by atomic mass is 19.1. The van der Waals surface area contributed by atoms with Crippen LogP contribution in [-0.2, 0) is 0 Å². The van der Waals surface area contributed by atoms with Gasteiger partial charge in [-0.05, 0) is 35.9 Å². The summed E-state index contributed by atoms with van der Waals surface area (Å²) in [4.78, 5) is 0. The van der Waals surface area contributed by atoms with Gasteiger partial charge in [-0.1, -0.05) is 12.1 Å². The van der Waals surface area contributed by atoms with Crippen LogP contribution in [0.4, 0.5) is 17.6 Å². The van der Waals surface area contributed by atoms with Gasteiger partial charge in [0.15, 0.2) is 7.28 Å². The monoisotopic (exact) mass is 266 g/mol. The first-order valence-electron chi connectivity index (χ1n) is 5.77. The molecule has 2 rings (SSSR count). The lowest BCUT2D eigenvalue weighted by atomic mass is 9.63. The first-order valence-corrected chi connectivity index (χ1v) is 5.77. The summed E-state index contributed by atoms with van der Waals surface area (Å²) in [5.41, 5.74) is 0.943. The highest BCUT2D eigenvalue weighted by Crippen LogP contribution is 2.08. The fourth-order valence-electron chi connectivity index (χ4n) is 1.91. The van der Waals surface area contributed by atoms with Crippen LogP contribution in [0, 0.1) is 37.1 Å². The Bertz CT molecular complexity index is 582. The molecule has 2 aromatic rings. The summed E-state index contributed by atoms with van der Waals surface area (Å²) < 4.78 is 53.4. The van der Waals surface area contributed by atoms with Gasteiger partial charge in [0.25, 0.3) is 0 Å². The molecule has 0 bridgehead atoms. The minimum atomic E-state index is -0.732. The maximum absolute atomic E-state index is 13.6. The number of hydrogen-bond donors (Lipinski definition) is 0. The van der Waals surface area contributed by atoms with E-state index in [-0.39, 0.29) is 29.3 Å². The minimum absolute atomic E-state index is 0.0418. The molecule has 0 aliphatic heterocycles. The average Bonchev–Trinajstić information content (AvgIpc) is 2.32. The average molecular weight is 266 g/mol. The molecular formula is C14H11BF4. The number of benzene rings is 2. The standard InChI is InChI=1S/C14H11BF4/c1-7-3-9(13(18)5-11(7)16)15-10-4-8(2)12(17)6-14(10)19/h3-6,15H,1-2H3. The van der Waals surface area contributed by atoms with E-state index in [1.54, 1.807) is 0 Å². The van der Waals surface area contributed by atoms with Crippen LogP contribution in [0.25, 0.3) is 0 Å². The summed E-state index contributed by atoms with van der Waals surface area (Å²) in [5, 5.41) is 0. The number of halogens is 4. The topological polar surface area (TPSA) is 0 Å². The molecule has 2 aromatic carbocycles. The van der Waals surface area contributed by atoms with Crippen molar-refractivity contribution in [1.29, 1.82) is 0 Å². The Labute approximate surface area is 109 Å². The summed E-state index contributed by atoms with van der Waals surface area (Å²) >= 11 is 0. The summed E-state index contributed by atoms with van der Waals surface area (Å²) in [5.74, 6) is -2.75. The predicted molar refractivity (Wildman–Crippen MR) is 68.6 cm³/mol. The quantitative estimate of drug-likeness (QED) is 0.577. The van der Waals surface area contributed by atoms with Crippen molar-refractivity contribution in [3.63, 3.8) is 0 Å². The Balaban J connectivity index is 2.42. The molecule has 0 saturated heterocycles. The molecule has 98 valence electrons. The highest BCUT2D eigenvalue weighted by molar-refractivity contribution is 6.67. The molecule has 0 heterocycles. The minimum Gasteiger partial charge on any atom is -0.207 e. The molecule has 0 nitrogen and oxygen atoms in total. The Morgan fingerprint density at radius 2 is 1.00 bits per heavy atom. The molecule has 0 aromatic heterocycles. The lowest BCUT2D eigenvalue weighted by Crippen LogP contribution is -2.32. The van der Waals surface area contributed by atoms with Crippen molar-refractivity contribution >= 4 is 18.2 Å². The molecule has 0 N–H and O–H groups in total. The van der Waals surface area contributed by atoms with E-state index in [0.29, 0.717) is 0 Å². The summed E-state index contributed by atoms with van der Waals surface area (Å²) in [6.45, 7) is 3.01. The van der Waals surface area contributed by atoms with Crippen molar-refractivity contribution in [2.75, 3.05) is 0 Å². The zero-order valence-corrected chi connectivity index (χ0v) is 10.5. The summed E-state index contributed by atoms with van der Waals surface area (Å²) in [6, 6.07) is 4.23. The zero-order chi connectivity index (χ0) is 14.2. The third kappa shape index (κ3) is 2.80. The van der Waals surface area contributed by atoms with Crippen LogP contribution in [0.3, 0.4) is 0 Å². The van der Waals surface area contributed by atoms with Gasteiger partial charge in [-0.3, -0.25) is 0 Å². The second-order valence-corrected chi connectivity index (χ2v) is 4.56. The van der Waals surface area contributed by atoms with Crippen molar-refractivity contribution in [2.45, 2.75) is 13.8 Å². The van der Waals surface area contributed by atoms with Crippen molar-refractivity contribution in [3.05, 3.63) is 58.7 Å². The summed E-state index contributed by atoms with van der Waals surface area (Å²) in [7, 11) is -0.0418. The Morgan fingerprint density at radius 3 is 1.37 bits per heavy atom. The molecule has 0 aliphatic carbocycles. The zero-order valence-electron chi connectivity index (χ0n) is 10.5. The molecule has 0 aliphatic rings. The van der Waals surface area contributed by atoms with Crippen LogP contribution in [-0.4, -0.2) is 7.28 Å². The number of aryl methyl sites for hydroxylation is 2. The van der Waals surface area contributed by atoms with Crippen LogP contribution in [0.1, 0.15) is 11.1 Å². The molecule has 0 saturated carbocycles. The molecule has 19 heavy (non-hydrogen) atoms. The first kappa shape index (κ1) is 13.7. The van der Waals surface area contributed by atoms with Gasteiger partial charge in [0.1, 0.15) is 23.3 Å². The van der Waals surface area contributed by atoms with Gasteiger partial charge < -0.3 is 0 Å². The van der Waals surface area contributed by atoms with Gasteiger partial charge in [0.05, 0.1) is 0 Å². The molecule has 0 fully saturated rings. The van der Waals surface area contributed by atoms with Gasteiger partial charge in [-0.25, -0.2) is 17.6 Å². The largest absolute Gasteiger partial charge is 0.207 e. The molecule has 0 radical (unpaired) electrons. The van der Waals surface area contributed by atoms with E-state index in [1.807, 2.05) is 0 Å². The fraction of sp³-hybridized carbons (Fsp3) is 0.143. The molecule has 0 atom stereocenters. The second-order valence-electron chi connectivity index (χ2n) is 4.56. The summed E-state index contributed by atoms with van der Waals surface area (Å²) in [6.07, 6.45) is 0. The van der Waals surface area contributed by atoms with E-state index in [1.165, 1.54) is 26.0 Å². The maximum Gasteiger partial charge on any atom is 0.199 e. The van der Waals surface area contributed by atoms with Crippen molar-refractivity contribution in [1.82, 2.24) is 0 Å². The Hall–Kier alpha value is -1.78. The van der Waals surface area contributed by atoms with Crippen LogP contribution in [0.5, 0.6) is 0 Å². The van der Waals surface area contributed by atoms with E-state index in [2.05, 4.69) is 0 Å². The van der Waals surface area contributed by atoms with Crippen LogP contribution in [0.2, 0.25) is 0 Å². The van der Waals surface area contributed by atoms with E-state index < -0.39 is 23.3 Å². The van der Waals surface area contributed by atoms with Crippen LogP contribution < -0.4 is 10.9 Å². The van der Waals surface area contributed by atoms with Gasteiger partial charge in [0.2, 0.25) is 0 Å². The first-order chi connectivity index (χ1) is 8.88. The van der Waals surface area contributed by atoms with Crippen LogP contribution in [0.15, 0.2) is 24.3 Å². The molecule has 0 amide bonds. The van der Waals surface area contributed by atoms with Gasteiger partial charge >= 0.3 is 0 Å².